The van der Waals surface area contributed by atoms with Crippen LogP contribution in [0.25, 0.3) is 0 Å². The Hall–Kier alpha value is -1.02. The first-order valence-corrected chi connectivity index (χ1v) is 7.82. The molecular weight excluding hydrogens is 234 g/mol. The van der Waals surface area contributed by atoms with Crippen molar-refractivity contribution in [3.63, 3.8) is 0 Å². The van der Waals surface area contributed by atoms with Gasteiger partial charge in [0.25, 0.3) is 0 Å². The zero-order valence-corrected chi connectivity index (χ0v) is 12.3. The van der Waals surface area contributed by atoms with Gasteiger partial charge in [0.05, 0.1) is 6.61 Å². The number of rotatable bonds is 8. The minimum atomic E-state index is 0.526. The highest BCUT2D eigenvalue weighted by atomic mass is 16.5. The summed E-state index contributed by atoms with van der Waals surface area (Å²) in [6.45, 7) is 6.34. The van der Waals surface area contributed by atoms with Crippen molar-refractivity contribution in [1.29, 1.82) is 0 Å². The summed E-state index contributed by atoms with van der Waals surface area (Å²) in [5.74, 6) is 1.61. The van der Waals surface area contributed by atoms with Gasteiger partial charge in [-0.15, -0.1) is 0 Å². The fourth-order valence-electron chi connectivity index (χ4n) is 3.02. The van der Waals surface area contributed by atoms with E-state index < -0.39 is 0 Å². The molecule has 106 valence electrons. The average molecular weight is 261 g/mol. The summed E-state index contributed by atoms with van der Waals surface area (Å²) in [7, 11) is 0. The van der Waals surface area contributed by atoms with Crippen LogP contribution in [0.1, 0.15) is 57.4 Å². The van der Waals surface area contributed by atoms with Crippen molar-refractivity contribution in [3.8, 4) is 5.75 Å². The Morgan fingerprint density at radius 1 is 1.21 bits per heavy atom. The molecule has 0 aliphatic carbocycles. The van der Waals surface area contributed by atoms with Crippen molar-refractivity contribution in [1.82, 2.24) is 5.32 Å². The molecule has 2 unspecified atom stereocenters. The predicted octanol–water partition coefficient (Wildman–Crippen LogP) is 4.11. The fraction of sp³-hybridized carbons (Fsp3) is 0.647. The van der Waals surface area contributed by atoms with Gasteiger partial charge in [0, 0.05) is 17.5 Å². The minimum Gasteiger partial charge on any atom is -0.493 e. The Balaban J connectivity index is 1.96. The van der Waals surface area contributed by atoms with Gasteiger partial charge >= 0.3 is 0 Å². The van der Waals surface area contributed by atoms with E-state index >= 15 is 0 Å². The van der Waals surface area contributed by atoms with E-state index in [0.29, 0.717) is 12.0 Å². The molecule has 19 heavy (non-hydrogen) atoms. The van der Waals surface area contributed by atoms with Crippen molar-refractivity contribution in [2.24, 2.45) is 0 Å². The lowest BCUT2D eigenvalue weighted by Crippen LogP contribution is -2.35. The maximum atomic E-state index is 5.83. The lowest BCUT2D eigenvalue weighted by Gasteiger charge is -2.23. The second-order valence-corrected chi connectivity index (χ2v) is 5.47. The summed E-state index contributed by atoms with van der Waals surface area (Å²) < 4.78 is 5.83. The number of hydrogen-bond acceptors (Lipinski definition) is 2. The number of nitrogens with one attached hydrogen (secondary N) is 1. The molecule has 1 aromatic rings. The molecule has 2 rings (SSSR count). The van der Waals surface area contributed by atoms with Gasteiger partial charge in [-0.3, -0.25) is 0 Å². The second kappa shape index (κ2) is 7.54. The fourth-order valence-corrected chi connectivity index (χ4v) is 3.02. The summed E-state index contributed by atoms with van der Waals surface area (Å²) in [6, 6.07) is 9.06. The maximum Gasteiger partial charge on any atom is 0.122 e. The van der Waals surface area contributed by atoms with E-state index in [2.05, 4.69) is 43.4 Å². The third-order valence-corrected chi connectivity index (χ3v) is 4.06. The van der Waals surface area contributed by atoms with Crippen LogP contribution in [0.3, 0.4) is 0 Å². The highest BCUT2D eigenvalue weighted by Gasteiger charge is 2.30. The molecule has 2 atom stereocenters. The van der Waals surface area contributed by atoms with Crippen molar-refractivity contribution >= 4 is 0 Å². The van der Waals surface area contributed by atoms with Crippen molar-refractivity contribution < 1.29 is 4.74 Å². The largest absolute Gasteiger partial charge is 0.493 e. The molecule has 2 heteroatoms. The molecule has 0 fully saturated rings. The summed E-state index contributed by atoms with van der Waals surface area (Å²) in [4.78, 5) is 0. The van der Waals surface area contributed by atoms with Gasteiger partial charge in [-0.05, 0) is 19.0 Å². The number of fused-ring (bicyclic) bond motifs is 1. The molecule has 0 spiro atoms. The van der Waals surface area contributed by atoms with E-state index in [-0.39, 0.29) is 0 Å². The Morgan fingerprint density at radius 3 is 2.84 bits per heavy atom. The summed E-state index contributed by atoms with van der Waals surface area (Å²) >= 11 is 0. The number of ether oxygens (including phenoxy) is 1. The molecular formula is C17H27NO. The third-order valence-electron chi connectivity index (χ3n) is 4.06. The van der Waals surface area contributed by atoms with Crippen molar-refractivity contribution in [3.05, 3.63) is 29.8 Å². The van der Waals surface area contributed by atoms with Crippen LogP contribution in [0.5, 0.6) is 5.75 Å². The number of para-hydroxylation sites is 1. The first-order chi connectivity index (χ1) is 9.36. The van der Waals surface area contributed by atoms with Gasteiger partial charge in [-0.2, -0.15) is 0 Å². The minimum absolute atomic E-state index is 0.526. The Bertz CT molecular complexity index is 377. The molecule has 2 nitrogen and oxygen atoms in total. The SMILES string of the molecule is CCCCCCC(NCC)C1COc2ccccc21. The van der Waals surface area contributed by atoms with Crippen molar-refractivity contribution in [2.45, 2.75) is 57.9 Å². The third kappa shape index (κ3) is 3.73. The first kappa shape index (κ1) is 14.4. The summed E-state index contributed by atoms with van der Waals surface area (Å²) in [5, 5.41) is 3.66. The van der Waals surface area contributed by atoms with Crippen LogP contribution >= 0.6 is 0 Å². The molecule has 1 N–H and O–H groups in total. The molecule has 1 aliphatic rings. The van der Waals surface area contributed by atoms with E-state index in [1.165, 1.54) is 37.7 Å². The zero-order valence-electron chi connectivity index (χ0n) is 12.3. The monoisotopic (exact) mass is 261 g/mol. The number of hydrogen-bond donors (Lipinski definition) is 1. The van der Waals surface area contributed by atoms with Gasteiger partial charge in [-0.1, -0.05) is 57.7 Å². The Kier molecular flexibility index (Phi) is 5.71. The van der Waals surface area contributed by atoms with Crippen LogP contribution in [0.2, 0.25) is 0 Å². The second-order valence-electron chi connectivity index (χ2n) is 5.47. The van der Waals surface area contributed by atoms with E-state index in [1.54, 1.807) is 0 Å². The molecule has 1 aromatic carbocycles. The lowest BCUT2D eigenvalue weighted by molar-refractivity contribution is 0.290. The smallest absolute Gasteiger partial charge is 0.122 e. The lowest BCUT2D eigenvalue weighted by atomic mass is 9.89. The van der Waals surface area contributed by atoms with E-state index in [4.69, 9.17) is 4.74 Å². The normalized spacial score (nSPS) is 18.9. The number of likely N-dealkylation sites (N-methyl/N-ethyl adjacent to an activating group) is 1. The number of benzene rings is 1. The molecule has 0 amide bonds. The van der Waals surface area contributed by atoms with Gasteiger partial charge < -0.3 is 10.1 Å². The Labute approximate surface area is 117 Å². The quantitative estimate of drug-likeness (QED) is 0.711. The van der Waals surface area contributed by atoms with Gasteiger partial charge in [-0.25, -0.2) is 0 Å². The molecule has 0 aromatic heterocycles. The van der Waals surface area contributed by atoms with Crippen LogP contribution in [0, 0.1) is 0 Å². The molecule has 1 aliphatic heterocycles. The molecule has 0 radical (unpaired) electrons. The first-order valence-electron chi connectivity index (χ1n) is 7.82. The molecule has 0 saturated heterocycles. The molecule has 0 bridgehead atoms. The summed E-state index contributed by atoms with van der Waals surface area (Å²) in [6.07, 6.45) is 6.60. The number of unbranched alkanes of at least 4 members (excludes halogenated alkanes) is 3. The zero-order chi connectivity index (χ0) is 13.5. The van der Waals surface area contributed by atoms with Crippen LogP contribution in [-0.4, -0.2) is 19.2 Å². The highest BCUT2D eigenvalue weighted by molar-refractivity contribution is 5.40. The van der Waals surface area contributed by atoms with Gasteiger partial charge in [0.2, 0.25) is 0 Å². The van der Waals surface area contributed by atoms with Crippen LogP contribution in [0.4, 0.5) is 0 Å². The average Bonchev–Trinajstić information content (AvgIpc) is 2.86. The van der Waals surface area contributed by atoms with Gasteiger partial charge in [0.1, 0.15) is 5.75 Å². The Morgan fingerprint density at radius 2 is 2.05 bits per heavy atom. The topological polar surface area (TPSA) is 21.3 Å². The molecule has 0 saturated carbocycles. The van der Waals surface area contributed by atoms with Crippen LogP contribution in [-0.2, 0) is 0 Å². The van der Waals surface area contributed by atoms with E-state index in [1.807, 2.05) is 0 Å². The predicted molar refractivity (Wildman–Crippen MR) is 80.9 cm³/mol. The standard InChI is InChI=1S/C17H27NO/c1-3-5-6-7-11-16(18-4-2)15-13-19-17-12-9-8-10-14(15)17/h8-10,12,15-16,18H,3-7,11,13H2,1-2H3. The molecule has 1 heterocycles. The maximum absolute atomic E-state index is 5.83. The van der Waals surface area contributed by atoms with E-state index in [0.717, 1.165) is 18.9 Å². The van der Waals surface area contributed by atoms with Crippen LogP contribution < -0.4 is 10.1 Å². The van der Waals surface area contributed by atoms with Crippen LogP contribution in [0.15, 0.2) is 24.3 Å². The summed E-state index contributed by atoms with van der Waals surface area (Å²) in [5.41, 5.74) is 1.39. The van der Waals surface area contributed by atoms with Gasteiger partial charge in [0.15, 0.2) is 0 Å². The highest BCUT2D eigenvalue weighted by Crippen LogP contribution is 2.36. The van der Waals surface area contributed by atoms with Crippen molar-refractivity contribution in [2.75, 3.05) is 13.2 Å². The van der Waals surface area contributed by atoms with E-state index in [9.17, 15) is 0 Å².